The molecule has 0 saturated carbocycles. The number of likely N-dealkylation sites (tertiary alicyclic amines) is 1. The number of amides is 1. The molecule has 3 aromatic carbocycles. The van der Waals surface area contributed by atoms with E-state index in [9.17, 15) is 4.79 Å². The number of para-hydroxylation sites is 1. The van der Waals surface area contributed by atoms with Crippen molar-refractivity contribution in [1.29, 1.82) is 0 Å². The molecule has 3 aromatic rings. The zero-order valence-electron chi connectivity index (χ0n) is 17.1. The van der Waals surface area contributed by atoms with Gasteiger partial charge in [0.15, 0.2) is 5.75 Å². The Bertz CT molecular complexity index is 1040. The monoisotopic (exact) mass is 454 g/mol. The summed E-state index contributed by atoms with van der Waals surface area (Å²) >= 11 is 12.3. The van der Waals surface area contributed by atoms with Crippen LogP contribution in [0.25, 0.3) is 0 Å². The largest absolute Gasteiger partial charge is 0.455 e. The molecule has 1 amide bonds. The van der Waals surface area contributed by atoms with E-state index in [2.05, 4.69) is 16.3 Å². The van der Waals surface area contributed by atoms with E-state index in [0.29, 0.717) is 28.8 Å². The third kappa shape index (κ3) is 6.01. The molecule has 4 rings (SSSR count). The molecule has 4 nitrogen and oxygen atoms in total. The van der Waals surface area contributed by atoms with Gasteiger partial charge < -0.3 is 10.1 Å². The standard InChI is InChI=1S/C25H24Cl2N2O2/c26-20-8-4-6-18(14-20)16-29-13-5-7-19(17-29)25(30)28-23-15-21(27)11-12-24(23)31-22-9-2-1-3-10-22/h1-4,6,8-12,14-15,19H,5,7,13,16-17H2,(H,28,30). The molecular formula is C25H24Cl2N2O2. The van der Waals surface area contributed by atoms with E-state index in [1.807, 2.05) is 48.5 Å². The van der Waals surface area contributed by atoms with Crippen molar-refractivity contribution in [3.8, 4) is 11.5 Å². The Labute approximate surface area is 192 Å². The minimum absolute atomic E-state index is 0.0176. The summed E-state index contributed by atoms with van der Waals surface area (Å²) in [5.74, 6) is 1.15. The maximum atomic E-state index is 13.1. The Hall–Kier alpha value is -2.53. The Morgan fingerprint density at radius 1 is 1.00 bits per heavy atom. The van der Waals surface area contributed by atoms with Crippen LogP contribution in [0.3, 0.4) is 0 Å². The highest BCUT2D eigenvalue weighted by Gasteiger charge is 2.26. The summed E-state index contributed by atoms with van der Waals surface area (Å²) in [7, 11) is 0. The maximum Gasteiger partial charge on any atom is 0.228 e. The zero-order valence-corrected chi connectivity index (χ0v) is 18.6. The molecular weight excluding hydrogens is 431 g/mol. The quantitative estimate of drug-likeness (QED) is 0.453. The first-order chi connectivity index (χ1) is 15.1. The second-order valence-electron chi connectivity index (χ2n) is 7.75. The van der Waals surface area contributed by atoms with Crippen LogP contribution in [0.2, 0.25) is 10.0 Å². The zero-order chi connectivity index (χ0) is 21.6. The van der Waals surface area contributed by atoms with Gasteiger partial charge in [0.1, 0.15) is 5.75 Å². The summed E-state index contributed by atoms with van der Waals surface area (Å²) in [6, 6.07) is 22.6. The van der Waals surface area contributed by atoms with Crippen LogP contribution in [0.4, 0.5) is 5.69 Å². The average molecular weight is 455 g/mol. The number of halogens is 2. The number of rotatable bonds is 6. The number of piperidine rings is 1. The van der Waals surface area contributed by atoms with Gasteiger partial charge in [0.05, 0.1) is 11.6 Å². The lowest BCUT2D eigenvalue weighted by Gasteiger charge is -2.32. The highest BCUT2D eigenvalue weighted by molar-refractivity contribution is 6.31. The van der Waals surface area contributed by atoms with Gasteiger partial charge in [-0.1, -0.05) is 53.5 Å². The van der Waals surface area contributed by atoms with Crippen molar-refractivity contribution in [3.63, 3.8) is 0 Å². The molecule has 0 aliphatic carbocycles. The van der Waals surface area contributed by atoms with Crippen molar-refractivity contribution >= 4 is 34.8 Å². The van der Waals surface area contributed by atoms with Crippen LogP contribution in [0.5, 0.6) is 11.5 Å². The number of carbonyl (C=O) groups is 1. The van der Waals surface area contributed by atoms with Gasteiger partial charge in [-0.25, -0.2) is 0 Å². The van der Waals surface area contributed by atoms with Crippen LogP contribution in [0.15, 0.2) is 72.8 Å². The second kappa shape index (κ2) is 10.2. The van der Waals surface area contributed by atoms with E-state index in [1.165, 1.54) is 0 Å². The van der Waals surface area contributed by atoms with Gasteiger partial charge in [0.2, 0.25) is 5.91 Å². The minimum atomic E-state index is -0.100. The van der Waals surface area contributed by atoms with Gasteiger partial charge in [-0.3, -0.25) is 9.69 Å². The van der Waals surface area contributed by atoms with E-state index in [0.717, 1.165) is 36.5 Å². The predicted molar refractivity (Wildman–Crippen MR) is 126 cm³/mol. The Morgan fingerprint density at radius 2 is 1.81 bits per heavy atom. The lowest BCUT2D eigenvalue weighted by Crippen LogP contribution is -2.40. The van der Waals surface area contributed by atoms with Gasteiger partial charge >= 0.3 is 0 Å². The predicted octanol–water partition coefficient (Wildman–Crippen LogP) is 6.64. The molecule has 1 fully saturated rings. The Balaban J connectivity index is 1.43. The van der Waals surface area contributed by atoms with Crippen molar-refractivity contribution in [1.82, 2.24) is 4.90 Å². The molecule has 0 spiro atoms. The van der Waals surface area contributed by atoms with Crippen molar-refractivity contribution < 1.29 is 9.53 Å². The summed E-state index contributed by atoms with van der Waals surface area (Å²) in [5.41, 5.74) is 1.73. The number of nitrogens with zero attached hydrogens (tertiary/aromatic N) is 1. The number of hydrogen-bond acceptors (Lipinski definition) is 3. The fourth-order valence-electron chi connectivity index (χ4n) is 3.85. The lowest BCUT2D eigenvalue weighted by molar-refractivity contribution is -0.121. The minimum Gasteiger partial charge on any atom is -0.455 e. The van der Waals surface area contributed by atoms with Crippen LogP contribution in [-0.2, 0) is 11.3 Å². The Morgan fingerprint density at radius 3 is 2.61 bits per heavy atom. The van der Waals surface area contributed by atoms with Gasteiger partial charge in [-0.15, -0.1) is 0 Å². The van der Waals surface area contributed by atoms with Gasteiger partial charge in [0, 0.05) is 23.1 Å². The summed E-state index contributed by atoms with van der Waals surface area (Å²) in [5, 5.41) is 4.31. The van der Waals surface area contributed by atoms with Crippen LogP contribution in [0.1, 0.15) is 18.4 Å². The van der Waals surface area contributed by atoms with Gasteiger partial charge in [-0.2, -0.15) is 0 Å². The molecule has 6 heteroatoms. The normalized spacial score (nSPS) is 16.6. The van der Waals surface area contributed by atoms with Crippen LogP contribution >= 0.6 is 23.2 Å². The molecule has 0 aromatic heterocycles. The third-order valence-corrected chi connectivity index (χ3v) is 5.81. The average Bonchev–Trinajstić information content (AvgIpc) is 2.76. The van der Waals surface area contributed by atoms with Crippen LogP contribution in [-0.4, -0.2) is 23.9 Å². The van der Waals surface area contributed by atoms with E-state index < -0.39 is 0 Å². The van der Waals surface area contributed by atoms with Crippen molar-refractivity contribution in [2.45, 2.75) is 19.4 Å². The fourth-order valence-corrected chi connectivity index (χ4v) is 4.23. The topological polar surface area (TPSA) is 41.6 Å². The molecule has 160 valence electrons. The van der Waals surface area contributed by atoms with Crippen LogP contribution in [0, 0.1) is 5.92 Å². The van der Waals surface area contributed by atoms with E-state index in [4.69, 9.17) is 27.9 Å². The molecule has 1 aliphatic heterocycles. The molecule has 1 aliphatic rings. The van der Waals surface area contributed by atoms with E-state index >= 15 is 0 Å². The van der Waals surface area contributed by atoms with Crippen molar-refractivity contribution in [3.05, 3.63) is 88.4 Å². The molecule has 0 bridgehead atoms. The molecule has 0 radical (unpaired) electrons. The van der Waals surface area contributed by atoms with E-state index in [-0.39, 0.29) is 11.8 Å². The van der Waals surface area contributed by atoms with Gasteiger partial charge in [0.25, 0.3) is 0 Å². The highest BCUT2D eigenvalue weighted by atomic mass is 35.5. The number of carbonyl (C=O) groups excluding carboxylic acids is 1. The van der Waals surface area contributed by atoms with Crippen LogP contribution < -0.4 is 10.1 Å². The van der Waals surface area contributed by atoms with Crippen molar-refractivity contribution in [2.75, 3.05) is 18.4 Å². The lowest BCUT2D eigenvalue weighted by atomic mass is 9.96. The van der Waals surface area contributed by atoms with Gasteiger partial charge in [-0.05, 0) is 67.4 Å². The first kappa shape index (κ1) is 21.7. The fraction of sp³-hybridized carbons (Fsp3) is 0.240. The maximum absolute atomic E-state index is 13.1. The molecule has 1 heterocycles. The second-order valence-corrected chi connectivity index (χ2v) is 8.62. The first-order valence-corrected chi connectivity index (χ1v) is 11.1. The number of nitrogens with one attached hydrogen (secondary N) is 1. The summed E-state index contributed by atoms with van der Waals surface area (Å²) in [6.45, 7) is 2.45. The van der Waals surface area contributed by atoms with E-state index in [1.54, 1.807) is 18.2 Å². The first-order valence-electron chi connectivity index (χ1n) is 10.4. The number of benzene rings is 3. The molecule has 1 unspecified atom stereocenters. The Kier molecular flexibility index (Phi) is 7.13. The number of hydrogen-bond donors (Lipinski definition) is 1. The molecule has 1 atom stereocenters. The third-order valence-electron chi connectivity index (χ3n) is 5.34. The molecule has 1 saturated heterocycles. The summed E-state index contributed by atoms with van der Waals surface area (Å²) in [4.78, 5) is 15.4. The van der Waals surface area contributed by atoms with Crippen molar-refractivity contribution in [2.24, 2.45) is 5.92 Å². The molecule has 31 heavy (non-hydrogen) atoms. The smallest absolute Gasteiger partial charge is 0.228 e. The SMILES string of the molecule is O=C(Nc1cc(Cl)ccc1Oc1ccccc1)C1CCCN(Cc2cccc(Cl)c2)C1. The number of ether oxygens (including phenoxy) is 1. The summed E-state index contributed by atoms with van der Waals surface area (Å²) in [6.07, 6.45) is 1.83. The highest BCUT2D eigenvalue weighted by Crippen LogP contribution is 2.33. The summed E-state index contributed by atoms with van der Waals surface area (Å²) < 4.78 is 5.97. The molecule has 1 N–H and O–H groups in total. The number of anilines is 1.